The van der Waals surface area contributed by atoms with Crippen molar-refractivity contribution >= 4 is 66.2 Å². The van der Waals surface area contributed by atoms with Crippen molar-refractivity contribution in [2.24, 2.45) is 0 Å². The number of alkyl halides is 2. The third kappa shape index (κ3) is 3.03. The number of hydrogen-bond donors (Lipinski definition) is 0. The summed E-state index contributed by atoms with van der Waals surface area (Å²) in [7, 11) is 0. The van der Waals surface area contributed by atoms with E-state index in [1.165, 1.54) is 0 Å². The maximum Gasteiger partial charge on any atom is 0.220 e. The highest BCUT2D eigenvalue weighted by molar-refractivity contribution is 9.08. The van der Waals surface area contributed by atoms with Gasteiger partial charge in [-0.05, 0) is 35.4 Å². The summed E-state index contributed by atoms with van der Waals surface area (Å²) in [6.07, 6.45) is 3.54. The van der Waals surface area contributed by atoms with Crippen molar-refractivity contribution < 1.29 is 8.83 Å². The topological polar surface area (TPSA) is 52.1 Å². The van der Waals surface area contributed by atoms with Crippen molar-refractivity contribution in [1.29, 1.82) is 0 Å². The number of nitrogens with zero attached hydrogens (tertiary/aromatic N) is 2. The van der Waals surface area contributed by atoms with Crippen LogP contribution < -0.4 is 0 Å². The van der Waals surface area contributed by atoms with Gasteiger partial charge in [0, 0.05) is 22.8 Å². The molecule has 0 saturated heterocycles. The Kier molecular flexibility index (Phi) is 4.24. The van der Waals surface area contributed by atoms with Crippen LogP contribution in [0.15, 0.2) is 45.2 Å². The lowest BCUT2D eigenvalue weighted by Crippen LogP contribution is -1.76. The van der Waals surface area contributed by atoms with Gasteiger partial charge in [0.15, 0.2) is 11.2 Å². The molecular weight excluding hydrogens is 436 g/mol. The molecule has 4 aromatic rings. The summed E-state index contributed by atoms with van der Waals surface area (Å²) in [6, 6.07) is 11.9. The van der Waals surface area contributed by atoms with Crippen LogP contribution in [0, 0.1) is 0 Å². The zero-order valence-electron chi connectivity index (χ0n) is 12.5. The average Bonchev–Trinajstić information content (AvgIpc) is 3.21. The fraction of sp³-hybridized carbons (Fsp3) is 0.111. The standard InChI is InChI=1S/C18H12Br2N2O2/c19-9-11-1-3-15-13(7-11)21-17(23-15)5-6-18-22-14-8-12(10-20)2-4-16(14)24-18/h1-8H,9-10H2/b6-5+. The molecule has 0 radical (unpaired) electrons. The lowest BCUT2D eigenvalue weighted by Gasteiger charge is -1.91. The van der Waals surface area contributed by atoms with E-state index in [1.54, 1.807) is 12.2 Å². The molecule has 0 N–H and O–H groups in total. The van der Waals surface area contributed by atoms with Crippen LogP contribution in [-0.2, 0) is 10.7 Å². The van der Waals surface area contributed by atoms with E-state index in [0.29, 0.717) is 11.8 Å². The molecule has 0 bridgehead atoms. The Morgan fingerprint density at radius 3 is 1.62 bits per heavy atom. The minimum Gasteiger partial charge on any atom is -0.437 e. The second-order valence-electron chi connectivity index (χ2n) is 5.31. The van der Waals surface area contributed by atoms with Gasteiger partial charge < -0.3 is 8.83 Å². The molecule has 4 rings (SSSR count). The van der Waals surface area contributed by atoms with Gasteiger partial charge in [-0.25, -0.2) is 9.97 Å². The molecule has 2 aromatic heterocycles. The van der Waals surface area contributed by atoms with Crippen molar-refractivity contribution in [1.82, 2.24) is 9.97 Å². The van der Waals surface area contributed by atoms with Crippen LogP contribution in [0.4, 0.5) is 0 Å². The first-order valence-corrected chi connectivity index (χ1v) is 9.58. The summed E-state index contributed by atoms with van der Waals surface area (Å²) in [5.74, 6) is 1.06. The molecule has 24 heavy (non-hydrogen) atoms. The molecule has 0 unspecified atom stereocenters. The van der Waals surface area contributed by atoms with Crippen LogP contribution in [0.3, 0.4) is 0 Å². The van der Waals surface area contributed by atoms with Crippen LogP contribution >= 0.6 is 31.9 Å². The molecular formula is C18H12Br2N2O2. The Balaban J connectivity index is 1.64. The number of aromatic nitrogens is 2. The maximum atomic E-state index is 5.71. The summed E-state index contributed by atoms with van der Waals surface area (Å²) in [6.45, 7) is 0. The van der Waals surface area contributed by atoms with Gasteiger partial charge in [-0.3, -0.25) is 0 Å². The number of fused-ring (bicyclic) bond motifs is 2. The molecule has 0 atom stereocenters. The molecule has 0 fully saturated rings. The van der Waals surface area contributed by atoms with E-state index in [9.17, 15) is 0 Å². The van der Waals surface area contributed by atoms with E-state index in [4.69, 9.17) is 8.83 Å². The van der Waals surface area contributed by atoms with Gasteiger partial charge in [-0.15, -0.1) is 0 Å². The van der Waals surface area contributed by atoms with Crippen molar-refractivity contribution in [2.45, 2.75) is 10.7 Å². The molecule has 4 nitrogen and oxygen atoms in total. The van der Waals surface area contributed by atoms with Gasteiger partial charge in [-0.2, -0.15) is 0 Å². The van der Waals surface area contributed by atoms with Crippen LogP contribution in [0.25, 0.3) is 34.4 Å². The van der Waals surface area contributed by atoms with Crippen LogP contribution in [0.2, 0.25) is 0 Å². The van der Waals surface area contributed by atoms with Gasteiger partial charge >= 0.3 is 0 Å². The predicted molar refractivity (Wildman–Crippen MR) is 102 cm³/mol. The second kappa shape index (κ2) is 6.53. The molecule has 2 aromatic carbocycles. The molecule has 6 heteroatoms. The first kappa shape index (κ1) is 15.6. The molecule has 0 saturated carbocycles. The lowest BCUT2D eigenvalue weighted by atomic mass is 10.2. The van der Waals surface area contributed by atoms with Crippen molar-refractivity contribution in [3.63, 3.8) is 0 Å². The van der Waals surface area contributed by atoms with Crippen molar-refractivity contribution in [2.75, 3.05) is 0 Å². The quantitative estimate of drug-likeness (QED) is 0.364. The molecule has 0 spiro atoms. The van der Waals surface area contributed by atoms with Gasteiger partial charge in [-0.1, -0.05) is 44.0 Å². The van der Waals surface area contributed by atoms with E-state index in [2.05, 4.69) is 41.8 Å². The largest absolute Gasteiger partial charge is 0.437 e. The highest BCUT2D eigenvalue weighted by Crippen LogP contribution is 2.22. The minimum absolute atomic E-state index is 0.528. The van der Waals surface area contributed by atoms with E-state index in [1.807, 2.05) is 36.4 Å². The first-order chi connectivity index (χ1) is 11.7. The molecule has 0 aliphatic rings. The van der Waals surface area contributed by atoms with Crippen molar-refractivity contribution in [3.8, 4) is 0 Å². The predicted octanol–water partition coefficient (Wildman–Crippen LogP) is 5.93. The highest BCUT2D eigenvalue weighted by atomic mass is 79.9. The molecule has 120 valence electrons. The van der Waals surface area contributed by atoms with Crippen molar-refractivity contribution in [3.05, 3.63) is 59.3 Å². The average molecular weight is 448 g/mol. The summed E-state index contributed by atoms with van der Waals surface area (Å²) in [4.78, 5) is 8.94. The maximum absolute atomic E-state index is 5.71. The lowest BCUT2D eigenvalue weighted by molar-refractivity contribution is 0.583. The number of benzene rings is 2. The summed E-state index contributed by atoms with van der Waals surface area (Å²) in [5, 5.41) is 1.58. The Bertz CT molecular complexity index is 966. The summed E-state index contributed by atoms with van der Waals surface area (Å²) < 4.78 is 11.4. The van der Waals surface area contributed by atoms with Crippen LogP contribution in [-0.4, -0.2) is 9.97 Å². The van der Waals surface area contributed by atoms with Gasteiger partial charge in [0.2, 0.25) is 11.8 Å². The normalized spacial score (nSPS) is 11.9. The third-order valence-corrected chi connectivity index (χ3v) is 4.91. The zero-order chi connectivity index (χ0) is 16.5. The number of hydrogen-bond acceptors (Lipinski definition) is 4. The molecule has 0 amide bonds. The molecule has 0 aliphatic carbocycles. The second-order valence-corrected chi connectivity index (χ2v) is 6.43. The Morgan fingerprint density at radius 1 is 0.750 bits per heavy atom. The summed E-state index contributed by atoms with van der Waals surface area (Å²) >= 11 is 6.88. The van der Waals surface area contributed by atoms with E-state index >= 15 is 0 Å². The fourth-order valence-electron chi connectivity index (χ4n) is 2.43. The van der Waals surface area contributed by atoms with E-state index < -0.39 is 0 Å². The summed E-state index contributed by atoms with van der Waals surface area (Å²) in [5.41, 5.74) is 5.52. The first-order valence-electron chi connectivity index (χ1n) is 7.34. The smallest absolute Gasteiger partial charge is 0.220 e. The van der Waals surface area contributed by atoms with Gasteiger partial charge in [0.1, 0.15) is 11.0 Å². The zero-order valence-corrected chi connectivity index (χ0v) is 15.7. The molecule has 2 heterocycles. The highest BCUT2D eigenvalue weighted by Gasteiger charge is 2.06. The monoisotopic (exact) mass is 446 g/mol. The van der Waals surface area contributed by atoms with Gasteiger partial charge in [0.05, 0.1) is 0 Å². The van der Waals surface area contributed by atoms with Crippen LogP contribution in [0.1, 0.15) is 22.9 Å². The number of rotatable bonds is 4. The number of halogens is 2. The fourth-order valence-corrected chi connectivity index (χ4v) is 3.13. The minimum atomic E-state index is 0.528. The Morgan fingerprint density at radius 2 is 1.21 bits per heavy atom. The molecule has 0 aliphatic heterocycles. The van der Waals surface area contributed by atoms with E-state index in [0.717, 1.165) is 44.0 Å². The Hall–Kier alpha value is -1.92. The number of oxazole rings is 2. The van der Waals surface area contributed by atoms with Gasteiger partial charge in [0.25, 0.3) is 0 Å². The van der Waals surface area contributed by atoms with E-state index in [-0.39, 0.29) is 0 Å². The third-order valence-electron chi connectivity index (χ3n) is 3.61. The van der Waals surface area contributed by atoms with Crippen LogP contribution in [0.5, 0.6) is 0 Å². The Labute approximate surface area is 154 Å². The SMILES string of the molecule is BrCc1ccc2oc(/C=C/c3nc4cc(CBr)ccc4o3)nc2c1.